The van der Waals surface area contributed by atoms with Crippen molar-refractivity contribution in [3.8, 4) is 5.69 Å². The van der Waals surface area contributed by atoms with Gasteiger partial charge in [-0.2, -0.15) is 0 Å². The zero-order valence-electron chi connectivity index (χ0n) is 18.0. The van der Waals surface area contributed by atoms with Crippen molar-refractivity contribution in [2.45, 2.75) is 13.0 Å². The van der Waals surface area contributed by atoms with Gasteiger partial charge in [0.1, 0.15) is 0 Å². The van der Waals surface area contributed by atoms with Crippen molar-refractivity contribution in [2.24, 2.45) is 0 Å². The summed E-state index contributed by atoms with van der Waals surface area (Å²) in [7, 11) is 0. The van der Waals surface area contributed by atoms with Crippen LogP contribution in [0.4, 0.5) is 5.69 Å². The van der Waals surface area contributed by atoms with Crippen molar-refractivity contribution >= 4 is 23.2 Å². The Hall–Kier alpha value is -3.34. The van der Waals surface area contributed by atoms with Crippen molar-refractivity contribution in [1.29, 1.82) is 0 Å². The number of nitrogens with one attached hydrogen (secondary N) is 1. The monoisotopic (exact) mass is 470 g/mol. The highest BCUT2D eigenvalue weighted by Gasteiger charge is 2.25. The molecular weight excluding hydrogens is 448 g/mol. The molecule has 2 heterocycles. The summed E-state index contributed by atoms with van der Waals surface area (Å²) in [6.07, 6.45) is 0. The van der Waals surface area contributed by atoms with E-state index in [0.29, 0.717) is 36.2 Å². The van der Waals surface area contributed by atoms with Crippen molar-refractivity contribution in [1.82, 2.24) is 25.2 Å². The van der Waals surface area contributed by atoms with Crippen LogP contribution in [0, 0.1) is 17.0 Å². The minimum absolute atomic E-state index is 0.0535. The molecule has 1 aromatic heterocycles. The highest BCUT2D eigenvalue weighted by Crippen LogP contribution is 2.23. The van der Waals surface area contributed by atoms with Crippen molar-refractivity contribution in [2.75, 3.05) is 32.8 Å². The second-order valence-corrected chi connectivity index (χ2v) is 8.07. The molecule has 33 heavy (non-hydrogen) atoms. The number of nitro groups is 1. The lowest BCUT2D eigenvalue weighted by Gasteiger charge is -2.34. The third-order valence-corrected chi connectivity index (χ3v) is 5.84. The van der Waals surface area contributed by atoms with Gasteiger partial charge in [-0.3, -0.25) is 19.8 Å². The van der Waals surface area contributed by atoms with E-state index in [1.54, 1.807) is 19.1 Å². The topological polar surface area (TPSA) is 115 Å². The molecule has 1 N–H and O–H groups in total. The Kier molecular flexibility index (Phi) is 6.97. The maximum Gasteiger partial charge on any atom is 0.273 e. The second kappa shape index (κ2) is 10.1. The second-order valence-electron chi connectivity index (χ2n) is 7.64. The number of ether oxygens (including phenoxy) is 1. The van der Waals surface area contributed by atoms with Gasteiger partial charge in [0.2, 0.25) is 0 Å². The summed E-state index contributed by atoms with van der Waals surface area (Å²) >= 11 is 6.05. The van der Waals surface area contributed by atoms with Crippen LogP contribution < -0.4 is 5.32 Å². The SMILES string of the molecule is Cc1c(C(=O)NCC(c2ccc(Cl)cc2)N2CCOCC2)nnn1-c1cccc([N+](=O)[O-])c1. The summed E-state index contributed by atoms with van der Waals surface area (Å²) in [6, 6.07) is 13.5. The largest absolute Gasteiger partial charge is 0.379 e. The standard InChI is InChI=1S/C22H23ClN6O4/c1-15-21(25-26-28(15)18-3-2-4-19(13-18)29(31)32)22(30)24-14-20(27-9-11-33-12-10-27)16-5-7-17(23)8-6-16/h2-8,13,20H,9-12,14H2,1H3,(H,24,30). The average molecular weight is 471 g/mol. The number of non-ortho nitro benzene ring substituents is 1. The lowest BCUT2D eigenvalue weighted by molar-refractivity contribution is -0.384. The van der Waals surface area contributed by atoms with Crippen LogP contribution in [0.1, 0.15) is 27.8 Å². The van der Waals surface area contributed by atoms with Crippen LogP contribution in [0.3, 0.4) is 0 Å². The number of hydrogen-bond acceptors (Lipinski definition) is 7. The predicted molar refractivity (Wildman–Crippen MR) is 122 cm³/mol. The van der Waals surface area contributed by atoms with Gasteiger partial charge in [-0.25, -0.2) is 4.68 Å². The Morgan fingerprint density at radius 3 is 2.67 bits per heavy atom. The molecule has 11 heteroatoms. The van der Waals surface area contributed by atoms with Crippen LogP contribution in [0.2, 0.25) is 5.02 Å². The number of aromatic nitrogens is 3. The minimum Gasteiger partial charge on any atom is -0.379 e. The number of hydrogen-bond donors (Lipinski definition) is 1. The van der Waals surface area contributed by atoms with Gasteiger partial charge < -0.3 is 10.1 Å². The fraction of sp³-hybridized carbons (Fsp3) is 0.318. The van der Waals surface area contributed by atoms with E-state index >= 15 is 0 Å². The molecule has 1 amide bonds. The van der Waals surface area contributed by atoms with Crippen LogP contribution in [-0.2, 0) is 4.74 Å². The van der Waals surface area contributed by atoms with E-state index in [1.165, 1.54) is 16.8 Å². The van der Waals surface area contributed by atoms with E-state index in [0.717, 1.165) is 18.7 Å². The Morgan fingerprint density at radius 2 is 1.97 bits per heavy atom. The van der Waals surface area contributed by atoms with E-state index in [2.05, 4.69) is 20.5 Å². The van der Waals surface area contributed by atoms with Crippen molar-refractivity contribution in [3.05, 3.63) is 80.6 Å². The molecule has 0 spiro atoms. The summed E-state index contributed by atoms with van der Waals surface area (Å²) in [5.74, 6) is -0.364. The third kappa shape index (κ3) is 5.19. The lowest BCUT2D eigenvalue weighted by Crippen LogP contribution is -2.44. The summed E-state index contributed by atoms with van der Waals surface area (Å²) in [6.45, 7) is 4.84. The first-order valence-corrected chi connectivity index (χ1v) is 10.8. The molecule has 0 saturated carbocycles. The number of benzene rings is 2. The number of nitrogens with zero attached hydrogens (tertiary/aromatic N) is 5. The van der Waals surface area contributed by atoms with Crippen molar-refractivity contribution in [3.63, 3.8) is 0 Å². The number of rotatable bonds is 7. The molecule has 0 radical (unpaired) electrons. The van der Waals surface area contributed by atoms with Crippen LogP contribution in [0.15, 0.2) is 48.5 Å². The van der Waals surface area contributed by atoms with Gasteiger partial charge in [-0.05, 0) is 30.7 Å². The number of carbonyl (C=O) groups excluding carboxylic acids is 1. The van der Waals surface area contributed by atoms with Crippen LogP contribution in [-0.4, -0.2) is 63.6 Å². The highest BCUT2D eigenvalue weighted by molar-refractivity contribution is 6.30. The quantitative estimate of drug-likeness (QED) is 0.417. The Morgan fingerprint density at radius 1 is 1.24 bits per heavy atom. The third-order valence-electron chi connectivity index (χ3n) is 5.59. The van der Waals surface area contributed by atoms with E-state index in [4.69, 9.17) is 16.3 Å². The molecule has 1 fully saturated rings. The minimum atomic E-state index is -0.480. The zero-order chi connectivity index (χ0) is 23.4. The van der Waals surface area contributed by atoms with Gasteiger partial charge in [0, 0.05) is 36.8 Å². The first kappa shape index (κ1) is 22.8. The smallest absolute Gasteiger partial charge is 0.273 e. The summed E-state index contributed by atoms with van der Waals surface area (Å²) in [4.78, 5) is 25.8. The molecule has 2 aromatic carbocycles. The number of halogens is 1. The fourth-order valence-electron chi connectivity index (χ4n) is 3.83. The first-order chi connectivity index (χ1) is 15.9. The molecule has 1 unspecified atom stereocenters. The molecule has 0 aliphatic carbocycles. The van der Waals surface area contributed by atoms with E-state index in [9.17, 15) is 14.9 Å². The molecule has 10 nitrogen and oxygen atoms in total. The molecule has 3 aromatic rings. The van der Waals surface area contributed by atoms with E-state index in [1.807, 2.05) is 24.3 Å². The predicted octanol–water partition coefficient (Wildman–Crippen LogP) is 2.94. The van der Waals surface area contributed by atoms with Gasteiger partial charge in [0.05, 0.1) is 35.6 Å². The van der Waals surface area contributed by atoms with Gasteiger partial charge in [-0.15, -0.1) is 5.10 Å². The normalized spacial score (nSPS) is 15.2. The molecule has 1 aliphatic rings. The van der Waals surface area contributed by atoms with Crippen LogP contribution in [0.25, 0.3) is 5.69 Å². The summed E-state index contributed by atoms with van der Waals surface area (Å²) in [5.41, 5.74) is 2.09. The van der Waals surface area contributed by atoms with E-state index < -0.39 is 4.92 Å². The molecule has 1 saturated heterocycles. The Bertz CT molecular complexity index is 1140. The van der Waals surface area contributed by atoms with Gasteiger partial charge in [0.25, 0.3) is 11.6 Å². The molecular formula is C22H23ClN6O4. The summed E-state index contributed by atoms with van der Waals surface area (Å²) < 4.78 is 6.89. The molecule has 0 bridgehead atoms. The fourth-order valence-corrected chi connectivity index (χ4v) is 3.95. The molecule has 1 atom stereocenters. The van der Waals surface area contributed by atoms with Gasteiger partial charge in [0.15, 0.2) is 5.69 Å². The van der Waals surface area contributed by atoms with Crippen LogP contribution in [0.5, 0.6) is 0 Å². The maximum atomic E-state index is 13.0. The Labute approximate surface area is 195 Å². The molecule has 172 valence electrons. The Balaban J connectivity index is 1.51. The number of morpholine rings is 1. The highest BCUT2D eigenvalue weighted by atomic mass is 35.5. The maximum absolute atomic E-state index is 13.0. The number of carbonyl (C=O) groups is 1. The molecule has 4 rings (SSSR count). The lowest BCUT2D eigenvalue weighted by atomic mass is 10.0. The van der Waals surface area contributed by atoms with Gasteiger partial charge >= 0.3 is 0 Å². The van der Waals surface area contributed by atoms with Gasteiger partial charge in [-0.1, -0.05) is 35.0 Å². The first-order valence-electron chi connectivity index (χ1n) is 10.5. The van der Waals surface area contributed by atoms with Crippen LogP contribution >= 0.6 is 11.6 Å². The van der Waals surface area contributed by atoms with E-state index in [-0.39, 0.29) is 23.3 Å². The average Bonchev–Trinajstić information content (AvgIpc) is 3.22. The summed E-state index contributed by atoms with van der Waals surface area (Å²) in [5, 5.41) is 22.7. The zero-order valence-corrected chi connectivity index (χ0v) is 18.7. The molecule has 1 aliphatic heterocycles. The number of amides is 1. The number of nitro benzene ring substituents is 1. The van der Waals surface area contributed by atoms with Crippen molar-refractivity contribution < 1.29 is 14.5 Å².